The monoisotopic (exact) mass is 545 g/mol. The van der Waals surface area contributed by atoms with E-state index >= 15 is 0 Å². The average molecular weight is 546 g/mol. The molecule has 0 amide bonds. The second kappa shape index (κ2) is 15.0. The topological polar surface area (TPSA) is 61.4 Å². The lowest BCUT2D eigenvalue weighted by atomic mass is 10.1. The molecular weight excluding hydrogens is 505 g/mol. The van der Waals surface area contributed by atoms with E-state index in [-0.39, 0.29) is 24.0 Å². The van der Waals surface area contributed by atoms with Gasteiger partial charge in [-0.1, -0.05) is 24.3 Å². The highest BCUT2D eigenvalue weighted by Gasteiger charge is 2.16. The van der Waals surface area contributed by atoms with Crippen LogP contribution in [0.5, 0.6) is 0 Å². The maximum absolute atomic E-state index is 5.65. The Morgan fingerprint density at radius 1 is 1.10 bits per heavy atom. The van der Waals surface area contributed by atoms with Gasteiger partial charge < -0.3 is 20.1 Å². The number of hydrogen-bond donors (Lipinski definition) is 2. The van der Waals surface area contributed by atoms with E-state index in [0.29, 0.717) is 12.6 Å². The van der Waals surface area contributed by atoms with Crippen molar-refractivity contribution in [2.24, 2.45) is 4.99 Å². The van der Waals surface area contributed by atoms with Crippen molar-refractivity contribution in [3.05, 3.63) is 35.4 Å². The summed E-state index contributed by atoms with van der Waals surface area (Å²) in [5, 5.41) is 6.83. The molecule has 1 aromatic carbocycles. The third kappa shape index (κ3) is 10.0. The van der Waals surface area contributed by atoms with Gasteiger partial charge in [-0.2, -0.15) is 0 Å². The van der Waals surface area contributed by atoms with E-state index in [4.69, 9.17) is 14.5 Å². The molecule has 2 aliphatic rings. The van der Waals surface area contributed by atoms with E-state index in [1.807, 2.05) is 0 Å². The zero-order valence-corrected chi connectivity index (χ0v) is 21.5. The van der Waals surface area contributed by atoms with Crippen LogP contribution in [-0.4, -0.2) is 87.5 Å². The van der Waals surface area contributed by atoms with E-state index in [2.05, 4.69) is 58.5 Å². The van der Waals surface area contributed by atoms with Crippen LogP contribution in [0.25, 0.3) is 0 Å². The number of hydrogen-bond acceptors (Lipinski definition) is 5. The summed E-state index contributed by atoms with van der Waals surface area (Å²) in [5.41, 5.74) is 2.60. The number of rotatable bonds is 9. The molecule has 2 fully saturated rings. The average Bonchev–Trinajstić information content (AvgIpc) is 2.76. The number of halogens is 1. The normalized spacial score (nSPS) is 20.8. The molecule has 31 heavy (non-hydrogen) atoms. The summed E-state index contributed by atoms with van der Waals surface area (Å²) in [6, 6.07) is 8.80. The lowest BCUT2D eigenvalue weighted by molar-refractivity contribution is -0.0212. The Morgan fingerprint density at radius 2 is 1.87 bits per heavy atom. The molecule has 0 spiro atoms. The van der Waals surface area contributed by atoms with Crippen LogP contribution in [0.4, 0.5) is 0 Å². The van der Waals surface area contributed by atoms with Gasteiger partial charge in [0.25, 0.3) is 0 Å². The fourth-order valence-electron chi connectivity index (χ4n) is 3.97. The quantitative estimate of drug-likeness (QED) is 0.215. The Morgan fingerprint density at radius 3 is 2.65 bits per heavy atom. The van der Waals surface area contributed by atoms with E-state index in [9.17, 15) is 0 Å². The van der Waals surface area contributed by atoms with Gasteiger partial charge in [0.05, 0.1) is 32.5 Å². The molecule has 2 saturated heterocycles. The second-order valence-corrected chi connectivity index (χ2v) is 8.17. The number of nitrogens with one attached hydrogen (secondary N) is 2. The molecule has 0 aromatic heterocycles. The number of benzene rings is 1. The van der Waals surface area contributed by atoms with Crippen LogP contribution in [0.1, 0.15) is 31.4 Å². The molecule has 0 radical (unpaired) electrons. The van der Waals surface area contributed by atoms with Crippen molar-refractivity contribution in [2.75, 3.05) is 65.6 Å². The highest BCUT2D eigenvalue weighted by molar-refractivity contribution is 14.0. The summed E-state index contributed by atoms with van der Waals surface area (Å²) in [4.78, 5) is 9.73. The molecule has 0 saturated carbocycles. The zero-order valence-electron chi connectivity index (χ0n) is 19.1. The number of ether oxygens (including phenoxy) is 2. The van der Waals surface area contributed by atoms with Crippen LogP contribution in [-0.2, 0) is 22.6 Å². The molecule has 8 heteroatoms. The molecule has 1 aromatic rings. The van der Waals surface area contributed by atoms with E-state index in [1.165, 1.54) is 11.1 Å². The first-order chi connectivity index (χ1) is 14.7. The first-order valence-corrected chi connectivity index (χ1v) is 11.5. The number of nitrogens with zero attached hydrogens (tertiary/aromatic N) is 3. The molecular formula is C23H40IN5O2. The van der Waals surface area contributed by atoms with Gasteiger partial charge in [0.1, 0.15) is 0 Å². The molecule has 0 bridgehead atoms. The van der Waals surface area contributed by atoms with Crippen molar-refractivity contribution in [2.45, 2.75) is 39.5 Å². The van der Waals surface area contributed by atoms with Crippen molar-refractivity contribution < 1.29 is 9.47 Å². The van der Waals surface area contributed by atoms with Gasteiger partial charge in [-0.15, -0.1) is 24.0 Å². The Labute approximate surface area is 205 Å². The van der Waals surface area contributed by atoms with Crippen LogP contribution in [0, 0.1) is 0 Å². The summed E-state index contributed by atoms with van der Waals surface area (Å²) in [6.45, 7) is 15.5. The molecule has 0 aliphatic carbocycles. The maximum atomic E-state index is 5.65. The van der Waals surface area contributed by atoms with Crippen molar-refractivity contribution in [3.8, 4) is 0 Å². The molecule has 7 nitrogen and oxygen atoms in total. The minimum absolute atomic E-state index is 0. The number of guanidine groups is 1. The lowest BCUT2D eigenvalue weighted by Gasteiger charge is -2.31. The van der Waals surface area contributed by atoms with Crippen molar-refractivity contribution in [1.82, 2.24) is 20.4 Å². The minimum atomic E-state index is 0. The van der Waals surface area contributed by atoms with Crippen LogP contribution >= 0.6 is 24.0 Å². The summed E-state index contributed by atoms with van der Waals surface area (Å²) in [5.74, 6) is 0.895. The molecule has 2 heterocycles. The predicted octanol–water partition coefficient (Wildman–Crippen LogP) is 2.30. The Balaban J connectivity index is 0.00000341. The van der Waals surface area contributed by atoms with Crippen LogP contribution in [0.15, 0.2) is 29.3 Å². The van der Waals surface area contributed by atoms with Gasteiger partial charge in [-0.3, -0.25) is 9.80 Å². The van der Waals surface area contributed by atoms with Gasteiger partial charge in [-0.25, -0.2) is 4.99 Å². The lowest BCUT2D eigenvalue weighted by Crippen LogP contribution is -2.40. The van der Waals surface area contributed by atoms with Crippen molar-refractivity contribution >= 4 is 29.9 Å². The van der Waals surface area contributed by atoms with Gasteiger partial charge in [0.15, 0.2) is 5.96 Å². The largest absolute Gasteiger partial charge is 0.379 e. The predicted molar refractivity (Wildman–Crippen MR) is 137 cm³/mol. The minimum Gasteiger partial charge on any atom is -0.379 e. The molecule has 2 aliphatic heterocycles. The van der Waals surface area contributed by atoms with Crippen LogP contribution in [0.3, 0.4) is 0 Å². The first-order valence-electron chi connectivity index (χ1n) is 11.5. The zero-order chi connectivity index (χ0) is 21.0. The highest BCUT2D eigenvalue weighted by atomic mass is 127. The third-order valence-electron chi connectivity index (χ3n) is 5.53. The highest BCUT2D eigenvalue weighted by Crippen LogP contribution is 2.12. The first kappa shape index (κ1) is 26.3. The van der Waals surface area contributed by atoms with Crippen LogP contribution < -0.4 is 10.6 Å². The summed E-state index contributed by atoms with van der Waals surface area (Å²) < 4.78 is 11.1. The Hall–Kier alpha value is -0.940. The summed E-state index contributed by atoms with van der Waals surface area (Å²) >= 11 is 0. The maximum Gasteiger partial charge on any atom is 0.191 e. The van der Waals surface area contributed by atoms with Crippen molar-refractivity contribution in [1.29, 1.82) is 0 Å². The second-order valence-electron chi connectivity index (χ2n) is 8.17. The summed E-state index contributed by atoms with van der Waals surface area (Å²) in [7, 11) is 0. The standard InChI is InChI=1S/C23H39N5O2.HI/c1-3-24-23(25-8-5-9-27-10-13-29-14-11-27)26-17-21-6-4-7-22(16-21)19-28-12-15-30-20(2)18-28;/h4,6-7,16,20H,3,5,8-15,17-19H2,1-2H3,(H2,24,25,26);1H. The molecule has 2 N–H and O–H groups in total. The fraction of sp³-hybridized carbons (Fsp3) is 0.696. The van der Waals surface area contributed by atoms with Gasteiger partial charge in [-0.05, 0) is 37.9 Å². The molecule has 3 rings (SSSR count). The SMILES string of the molecule is CCNC(=NCc1cccc(CN2CCOC(C)C2)c1)NCCCN1CCOCC1.I. The summed E-state index contributed by atoms with van der Waals surface area (Å²) in [6.07, 6.45) is 1.43. The Bertz CT molecular complexity index is 655. The molecule has 1 atom stereocenters. The van der Waals surface area contributed by atoms with Gasteiger partial charge in [0.2, 0.25) is 0 Å². The number of morpholine rings is 2. The smallest absolute Gasteiger partial charge is 0.191 e. The van der Waals surface area contributed by atoms with E-state index in [1.54, 1.807) is 0 Å². The van der Waals surface area contributed by atoms with Crippen molar-refractivity contribution in [3.63, 3.8) is 0 Å². The molecule has 176 valence electrons. The number of aliphatic imine (C=N–C) groups is 1. The Kier molecular flexibility index (Phi) is 12.7. The van der Waals surface area contributed by atoms with Crippen LogP contribution in [0.2, 0.25) is 0 Å². The van der Waals surface area contributed by atoms with Gasteiger partial charge in [0, 0.05) is 45.8 Å². The fourth-order valence-corrected chi connectivity index (χ4v) is 3.97. The van der Waals surface area contributed by atoms with E-state index < -0.39 is 0 Å². The van der Waals surface area contributed by atoms with Gasteiger partial charge >= 0.3 is 0 Å². The third-order valence-corrected chi connectivity index (χ3v) is 5.53. The van der Waals surface area contributed by atoms with E-state index in [0.717, 1.165) is 84.6 Å². The molecule has 1 unspecified atom stereocenters.